The molecule has 0 atom stereocenters. The summed E-state index contributed by atoms with van der Waals surface area (Å²) in [6.45, 7) is 7.32. The largest absolute Gasteiger partial charge is 0.462 e. The highest BCUT2D eigenvalue weighted by Gasteiger charge is 2.18. The number of aliphatic imine (C=N–C) groups is 1. The van der Waals surface area contributed by atoms with Crippen LogP contribution < -0.4 is 26.8 Å². The first-order chi connectivity index (χ1) is 17.3. The van der Waals surface area contributed by atoms with E-state index in [-0.39, 0.29) is 24.3 Å². The van der Waals surface area contributed by atoms with E-state index in [2.05, 4.69) is 22.4 Å². The first-order valence-corrected chi connectivity index (χ1v) is 11.0. The Labute approximate surface area is 205 Å². The lowest BCUT2D eigenvalue weighted by molar-refractivity contribution is -0.116. The van der Waals surface area contributed by atoms with Crippen LogP contribution in [-0.4, -0.2) is 28.9 Å². The molecule has 1 amide bonds. The summed E-state index contributed by atoms with van der Waals surface area (Å²) in [7, 11) is 0. The zero-order valence-corrected chi connectivity index (χ0v) is 19.6. The fraction of sp³-hybridized carbons (Fsp3) is 0.154. The third-order valence-electron chi connectivity index (χ3n) is 5.36. The lowest BCUT2D eigenvalue weighted by atomic mass is 10.2. The molecule has 4 rings (SSSR count). The number of pyridine rings is 1. The second kappa shape index (κ2) is 10.3. The Morgan fingerprint density at radius 1 is 1.17 bits per heavy atom. The van der Waals surface area contributed by atoms with Crippen molar-refractivity contribution in [2.24, 2.45) is 4.99 Å². The molecule has 36 heavy (non-hydrogen) atoms. The number of anilines is 1. The van der Waals surface area contributed by atoms with Gasteiger partial charge < -0.3 is 19.5 Å². The van der Waals surface area contributed by atoms with Crippen LogP contribution in [0.5, 0.6) is 0 Å². The van der Waals surface area contributed by atoms with Crippen LogP contribution in [-0.2, 0) is 20.9 Å². The molecule has 1 aliphatic rings. The summed E-state index contributed by atoms with van der Waals surface area (Å²) in [6, 6.07) is 13.5. The summed E-state index contributed by atoms with van der Waals surface area (Å²) >= 11 is 0. The average molecular weight is 490 g/mol. The van der Waals surface area contributed by atoms with Crippen molar-refractivity contribution in [3.8, 4) is 0 Å². The quantitative estimate of drug-likeness (QED) is 0.508. The van der Waals surface area contributed by atoms with E-state index in [9.17, 15) is 18.8 Å². The van der Waals surface area contributed by atoms with Gasteiger partial charge in [-0.15, -0.1) is 0 Å². The molecule has 3 aromatic rings. The number of aromatic nitrogens is 1. The number of amidine groups is 1. The van der Waals surface area contributed by atoms with Crippen LogP contribution in [0.25, 0.3) is 12.5 Å². The van der Waals surface area contributed by atoms with Crippen LogP contribution in [0, 0.1) is 12.7 Å². The molecule has 1 aliphatic heterocycles. The highest BCUT2D eigenvalue weighted by Crippen LogP contribution is 2.12. The molecule has 0 fully saturated rings. The molecule has 2 heterocycles. The number of rotatable bonds is 6. The minimum absolute atomic E-state index is 0.00645. The number of carbonyl (C=O) groups excluding carboxylic acids is 2. The fourth-order valence-electron chi connectivity index (χ4n) is 3.59. The van der Waals surface area contributed by atoms with Gasteiger partial charge in [-0.1, -0.05) is 6.58 Å². The summed E-state index contributed by atoms with van der Waals surface area (Å²) in [5, 5.41) is 3.18. The molecule has 0 bridgehead atoms. The van der Waals surface area contributed by atoms with Crippen molar-refractivity contribution in [1.82, 2.24) is 10.0 Å². The fourth-order valence-corrected chi connectivity index (χ4v) is 3.59. The Kier molecular flexibility index (Phi) is 6.95. The molecule has 0 unspecified atom stereocenters. The number of carbonyl (C=O) groups is 2. The van der Waals surface area contributed by atoms with Gasteiger partial charge in [0.1, 0.15) is 17.6 Å². The van der Waals surface area contributed by atoms with Crippen LogP contribution in [0.15, 0.2) is 64.4 Å². The van der Waals surface area contributed by atoms with E-state index >= 15 is 0 Å². The number of esters is 1. The van der Waals surface area contributed by atoms with E-state index in [1.165, 1.54) is 28.8 Å². The Hall–Kier alpha value is -4.73. The second-order valence-electron chi connectivity index (χ2n) is 7.90. The van der Waals surface area contributed by atoms with Gasteiger partial charge in [-0.3, -0.25) is 9.59 Å². The van der Waals surface area contributed by atoms with Gasteiger partial charge in [0.15, 0.2) is 5.84 Å². The number of hydrogen-bond acceptors (Lipinski definition) is 7. The molecule has 0 radical (unpaired) electrons. The molecule has 0 spiro atoms. The van der Waals surface area contributed by atoms with Crippen molar-refractivity contribution in [3.63, 3.8) is 0 Å². The Balaban J connectivity index is 1.60. The number of ether oxygens (including phenoxy) is 1. The highest BCUT2D eigenvalue weighted by molar-refractivity contribution is 6.01. The van der Waals surface area contributed by atoms with Gasteiger partial charge >= 0.3 is 5.97 Å². The number of halogens is 1. The van der Waals surface area contributed by atoms with Crippen molar-refractivity contribution in [2.45, 2.75) is 20.4 Å². The zero-order chi connectivity index (χ0) is 25.8. The SMILES string of the molecule is C=c1cc(C)n(CC(=O)Nc2ccc(C(=O)OCC)cc2)c(=O)c1=C1N=C(c2ccc(F)cc2)NO1. The maximum atomic E-state index is 13.3. The van der Waals surface area contributed by atoms with Gasteiger partial charge in [0, 0.05) is 16.9 Å². The number of aryl methyl sites for hydroxylation is 1. The normalized spacial score (nSPS) is 13.9. The molecule has 0 aliphatic carbocycles. The molecule has 0 saturated carbocycles. The number of nitrogens with zero attached hydrogens (tertiary/aromatic N) is 2. The summed E-state index contributed by atoms with van der Waals surface area (Å²) in [5.74, 6) is -0.993. The van der Waals surface area contributed by atoms with Crippen LogP contribution >= 0.6 is 0 Å². The van der Waals surface area contributed by atoms with Gasteiger partial charge in [-0.25, -0.2) is 14.7 Å². The Morgan fingerprint density at radius 3 is 2.53 bits per heavy atom. The smallest absolute Gasteiger partial charge is 0.338 e. The van der Waals surface area contributed by atoms with Gasteiger partial charge in [0.2, 0.25) is 5.91 Å². The van der Waals surface area contributed by atoms with Crippen molar-refractivity contribution >= 4 is 35.9 Å². The van der Waals surface area contributed by atoms with E-state index < -0.39 is 23.3 Å². The van der Waals surface area contributed by atoms with Crippen LogP contribution in [0.3, 0.4) is 0 Å². The molecule has 184 valence electrons. The van der Waals surface area contributed by atoms with Crippen LogP contribution in [0.2, 0.25) is 0 Å². The Bertz CT molecular complexity index is 1530. The molecule has 10 heteroatoms. The summed E-state index contributed by atoms with van der Waals surface area (Å²) < 4.78 is 19.5. The molecular formula is C26H23FN4O5. The predicted molar refractivity (Wildman–Crippen MR) is 132 cm³/mol. The minimum Gasteiger partial charge on any atom is -0.462 e. The van der Waals surface area contributed by atoms with Gasteiger partial charge in [-0.05, 0) is 73.7 Å². The first-order valence-electron chi connectivity index (χ1n) is 11.0. The average Bonchev–Trinajstić information content (AvgIpc) is 3.32. The standard InChI is InChI=1S/C26H23FN4O5/c1-4-35-26(34)18-7-11-20(12-8-18)28-21(32)14-31-16(3)13-15(2)22(25(31)33)24-29-23(30-36-24)17-5-9-19(27)10-6-17/h5-13H,2,4,14H2,1,3H3,(H,28,32)(H,29,30). The lowest BCUT2D eigenvalue weighted by Crippen LogP contribution is -2.47. The molecule has 9 nitrogen and oxygen atoms in total. The minimum atomic E-state index is -0.506. The molecule has 1 aromatic heterocycles. The van der Waals surface area contributed by atoms with Crippen molar-refractivity contribution in [3.05, 3.63) is 98.0 Å². The topological polar surface area (TPSA) is 111 Å². The van der Waals surface area contributed by atoms with E-state index in [1.54, 1.807) is 44.2 Å². The maximum absolute atomic E-state index is 13.3. The number of hydrogen-bond donors (Lipinski definition) is 2. The van der Waals surface area contributed by atoms with Crippen molar-refractivity contribution < 1.29 is 23.6 Å². The van der Waals surface area contributed by atoms with E-state index in [0.29, 0.717) is 33.6 Å². The van der Waals surface area contributed by atoms with E-state index in [0.717, 1.165) is 0 Å². The Morgan fingerprint density at radius 2 is 1.86 bits per heavy atom. The number of amides is 1. The van der Waals surface area contributed by atoms with Gasteiger partial charge in [-0.2, -0.15) is 4.99 Å². The zero-order valence-electron chi connectivity index (χ0n) is 19.6. The molecular weight excluding hydrogens is 467 g/mol. The second-order valence-corrected chi connectivity index (χ2v) is 7.90. The van der Waals surface area contributed by atoms with Gasteiger partial charge in [0.25, 0.3) is 11.4 Å². The summed E-state index contributed by atoms with van der Waals surface area (Å²) in [4.78, 5) is 47.5. The van der Waals surface area contributed by atoms with E-state index in [1.807, 2.05) is 0 Å². The van der Waals surface area contributed by atoms with E-state index in [4.69, 9.17) is 9.57 Å². The summed E-state index contributed by atoms with van der Waals surface area (Å²) in [5.41, 5.74) is 4.03. The molecule has 0 saturated heterocycles. The highest BCUT2D eigenvalue weighted by atomic mass is 19.1. The maximum Gasteiger partial charge on any atom is 0.338 e. The van der Waals surface area contributed by atoms with Crippen molar-refractivity contribution in [2.75, 3.05) is 11.9 Å². The van der Waals surface area contributed by atoms with Crippen LogP contribution in [0.4, 0.5) is 10.1 Å². The number of nitrogens with one attached hydrogen (secondary N) is 2. The molecule has 2 N–H and O–H groups in total. The first kappa shape index (κ1) is 24.4. The number of benzene rings is 2. The van der Waals surface area contributed by atoms with Crippen LogP contribution in [0.1, 0.15) is 28.5 Å². The third-order valence-corrected chi connectivity index (χ3v) is 5.36. The van der Waals surface area contributed by atoms with Gasteiger partial charge in [0.05, 0.1) is 12.2 Å². The number of hydroxylamine groups is 1. The third kappa shape index (κ3) is 5.17. The lowest BCUT2D eigenvalue weighted by Gasteiger charge is -2.11. The summed E-state index contributed by atoms with van der Waals surface area (Å²) in [6.07, 6.45) is 0. The predicted octanol–water partition coefficient (Wildman–Crippen LogP) is 1.57. The monoisotopic (exact) mass is 490 g/mol. The van der Waals surface area contributed by atoms with Crippen molar-refractivity contribution in [1.29, 1.82) is 0 Å². The molecule has 2 aromatic carbocycles.